The first kappa shape index (κ1) is 48.5. The molecule has 18 heteroatoms. The number of amides is 1. The summed E-state index contributed by atoms with van der Waals surface area (Å²) < 4.78 is 40.9. The van der Waals surface area contributed by atoms with Gasteiger partial charge in [-0.2, -0.15) is 9.49 Å². The molecule has 1 amide bonds. The number of aliphatic hydroxyl groups excluding tert-OH is 1. The molecule has 1 atom stereocenters. The average Bonchev–Trinajstić information content (AvgIpc) is 3.64. The van der Waals surface area contributed by atoms with E-state index >= 15 is 0 Å². The maximum absolute atomic E-state index is 14.5. The number of nitrogens with two attached hydrogens (primary N) is 2. The summed E-state index contributed by atoms with van der Waals surface area (Å²) in [5, 5.41) is 22.9. The largest absolute Gasteiger partial charge is 0.483 e. The lowest BCUT2D eigenvalue weighted by molar-refractivity contribution is -0.123. The van der Waals surface area contributed by atoms with Crippen LogP contribution in [0.2, 0.25) is 0 Å². The van der Waals surface area contributed by atoms with Crippen molar-refractivity contribution in [2.24, 2.45) is 27.1 Å². The van der Waals surface area contributed by atoms with Crippen molar-refractivity contribution in [1.29, 1.82) is 0 Å². The lowest BCUT2D eigenvalue weighted by Gasteiger charge is -2.18. The summed E-state index contributed by atoms with van der Waals surface area (Å²) in [6, 6.07) is 11.0. The van der Waals surface area contributed by atoms with E-state index in [4.69, 9.17) is 35.3 Å². The average molecular weight is 807 g/mol. The van der Waals surface area contributed by atoms with E-state index in [1.807, 2.05) is 18.2 Å². The number of hydrogen-bond donors (Lipinski definition) is 5. The maximum Gasteiger partial charge on any atom is 0.317 e. The molecule has 1 fully saturated rings. The van der Waals surface area contributed by atoms with Gasteiger partial charge in [-0.3, -0.25) is 29.6 Å². The van der Waals surface area contributed by atoms with Crippen LogP contribution in [0.1, 0.15) is 77.5 Å². The van der Waals surface area contributed by atoms with Crippen molar-refractivity contribution in [2.45, 2.75) is 84.7 Å². The van der Waals surface area contributed by atoms with Gasteiger partial charge in [0.05, 0.1) is 23.6 Å². The molecule has 0 radical (unpaired) electrons. The zero-order valence-electron chi connectivity index (χ0n) is 31.7. The molecule has 0 saturated heterocycles. The number of aliphatic imine (C=N–C) groups is 2. The van der Waals surface area contributed by atoms with Crippen LogP contribution in [-0.2, 0) is 26.6 Å². The minimum Gasteiger partial charge on any atom is -0.483 e. The summed E-state index contributed by atoms with van der Waals surface area (Å²) in [6.45, 7) is 11.9. The van der Waals surface area contributed by atoms with Crippen molar-refractivity contribution in [1.82, 2.24) is 20.1 Å². The number of rotatable bonds is 15. The molecule has 1 saturated carbocycles. The molecule has 14 nitrogen and oxygen atoms in total. The molecule has 1 aromatic carbocycles. The number of aromatic nitrogens is 3. The number of allylic oxidation sites excluding steroid dienone is 1. The summed E-state index contributed by atoms with van der Waals surface area (Å²) >= 11 is 1.28. The molecule has 0 aliphatic heterocycles. The minimum atomic E-state index is -1.64. The van der Waals surface area contributed by atoms with Gasteiger partial charge in [0.2, 0.25) is 5.95 Å². The van der Waals surface area contributed by atoms with E-state index in [0.717, 1.165) is 55.7 Å². The van der Waals surface area contributed by atoms with E-state index in [1.165, 1.54) is 29.8 Å². The Kier molecular flexibility index (Phi) is 25.4. The van der Waals surface area contributed by atoms with Crippen LogP contribution in [-0.4, -0.2) is 62.9 Å². The van der Waals surface area contributed by atoms with Crippen LogP contribution in [0.5, 0.6) is 5.75 Å². The Morgan fingerprint density at radius 3 is 2.42 bits per heavy atom. The third-order valence-electron chi connectivity index (χ3n) is 7.20. The molecule has 7 N–H and O–H groups in total. The Hall–Kier alpha value is -4.54. The summed E-state index contributed by atoms with van der Waals surface area (Å²) in [4.78, 5) is 33.4. The molecule has 55 heavy (non-hydrogen) atoms. The van der Waals surface area contributed by atoms with Crippen LogP contribution in [0.3, 0.4) is 0 Å². The van der Waals surface area contributed by atoms with Gasteiger partial charge in [-0.05, 0) is 56.7 Å². The Morgan fingerprint density at radius 2 is 1.82 bits per heavy atom. The molecule has 0 spiro atoms. The first-order valence-electron chi connectivity index (χ1n) is 17.5. The third kappa shape index (κ3) is 20.6. The fourth-order valence-corrected chi connectivity index (χ4v) is 5.54. The predicted molar refractivity (Wildman–Crippen MR) is 216 cm³/mol. The highest BCUT2D eigenvalue weighted by atomic mass is 32.2. The van der Waals surface area contributed by atoms with Crippen LogP contribution >= 0.6 is 20.3 Å². The van der Waals surface area contributed by atoms with Crippen molar-refractivity contribution < 1.29 is 37.6 Å². The Morgan fingerprint density at radius 1 is 1.18 bits per heavy atom. The minimum absolute atomic E-state index is 0.0124. The van der Waals surface area contributed by atoms with Crippen molar-refractivity contribution in [3.63, 3.8) is 0 Å². The number of nitrogens with one attached hydrogen (secondary N) is 1. The smallest absolute Gasteiger partial charge is 0.317 e. The Bertz CT molecular complexity index is 1660. The van der Waals surface area contributed by atoms with Crippen molar-refractivity contribution in [3.05, 3.63) is 94.7 Å². The van der Waals surface area contributed by atoms with E-state index in [2.05, 4.69) is 52.9 Å². The lowest BCUT2D eigenvalue weighted by Crippen LogP contribution is -2.28. The number of carbonyl (C=O) groups is 2. The molecular weight excluding hydrogens is 753 g/mol. The topological polar surface area (TPSA) is 213 Å². The number of thioether (sulfide) groups is 1. The van der Waals surface area contributed by atoms with Gasteiger partial charge < -0.3 is 25.8 Å². The van der Waals surface area contributed by atoms with Gasteiger partial charge >= 0.3 is 8.53 Å². The highest BCUT2D eigenvalue weighted by Gasteiger charge is 2.18. The summed E-state index contributed by atoms with van der Waals surface area (Å²) in [7, 11) is -1.64. The van der Waals surface area contributed by atoms with Crippen molar-refractivity contribution >= 4 is 51.3 Å². The van der Waals surface area contributed by atoms with Crippen LogP contribution in [0.15, 0.2) is 81.6 Å². The molecule has 302 valence electrons. The quantitative estimate of drug-likeness (QED) is 0.0341. The van der Waals surface area contributed by atoms with Crippen molar-refractivity contribution in [2.75, 3.05) is 6.61 Å². The van der Waals surface area contributed by atoms with Gasteiger partial charge in [0.15, 0.2) is 5.82 Å². The van der Waals surface area contributed by atoms with Gasteiger partial charge in [-0.15, -0.1) is 11.8 Å². The number of benzene rings is 1. The molecule has 2 aromatic heterocycles. The number of halogens is 2. The van der Waals surface area contributed by atoms with Gasteiger partial charge in [0, 0.05) is 35.7 Å². The van der Waals surface area contributed by atoms with Crippen LogP contribution in [0.4, 0.5) is 8.78 Å². The molecule has 1 aliphatic rings. The standard InChI is InChI=1S/C29H33F2N8O3PS.C5H12.C2H6O.CH2O2/c1-34-25(18-44-17-20-14-36-39(16-20)19-41-43(33)42-22-10-6-3-7-11-22)29(40)37-24(15-35-21-8-4-2-5-9-21)27(32)28-23(30)12-13-26(31)38-28;1-4-5(2)3;1-2-3;2-1-3/h3,6-7,10-16,18,21H,1-2,4-5,8-9,17,19,32-33H2,(H,37,40);5H,4H2,1-3H3;3H,2H2,1H3;1H,(H,2,3)/b25-18-,27-24+,35-15?;;;. The van der Waals surface area contributed by atoms with Crippen molar-refractivity contribution in [3.8, 4) is 5.75 Å². The fourth-order valence-electron chi connectivity index (χ4n) is 4.16. The van der Waals surface area contributed by atoms with E-state index in [9.17, 15) is 13.6 Å². The van der Waals surface area contributed by atoms with Crippen LogP contribution in [0.25, 0.3) is 5.70 Å². The number of carbonyl (C=O) groups excluding carboxylic acids is 1. The van der Waals surface area contributed by atoms with E-state index in [-0.39, 0.29) is 42.9 Å². The summed E-state index contributed by atoms with van der Waals surface area (Å²) in [5.74, 6) is -0.459. The number of nitrogens with zero attached hydrogens (tertiary/aromatic N) is 5. The lowest BCUT2D eigenvalue weighted by atomic mass is 9.96. The van der Waals surface area contributed by atoms with E-state index in [1.54, 1.807) is 36.1 Å². The number of carboxylic acid groups (broad SMARTS) is 1. The second kappa shape index (κ2) is 28.8. The number of para-hydroxylation sites is 1. The normalized spacial score (nSPS) is 13.9. The first-order chi connectivity index (χ1) is 26.4. The monoisotopic (exact) mass is 806 g/mol. The SMILES string of the molecule is C=N/C(=C\SCc1cnn(COP(N)Oc2ccccc2)c1)C(=O)N/C(C=NC1CCCCC1)=C(/N)c1nc(F)ccc1F.CCC(C)C.CCO.O=CO. The zero-order valence-corrected chi connectivity index (χ0v) is 33.4. The fraction of sp³-hybridized carbons (Fsp3) is 0.405. The van der Waals surface area contributed by atoms with E-state index in [0.29, 0.717) is 11.5 Å². The van der Waals surface area contributed by atoms with Crippen LogP contribution in [0, 0.1) is 17.7 Å². The molecular formula is C37H53F2N8O6PS. The molecule has 1 aliphatic carbocycles. The van der Waals surface area contributed by atoms with Gasteiger partial charge in [0.1, 0.15) is 23.9 Å². The number of aliphatic hydroxyl groups is 1. The molecule has 2 heterocycles. The first-order valence-corrected chi connectivity index (χ1v) is 19.8. The van der Waals surface area contributed by atoms with Gasteiger partial charge in [0.25, 0.3) is 12.4 Å². The van der Waals surface area contributed by atoms with Gasteiger partial charge in [-0.1, -0.05) is 64.7 Å². The zero-order chi connectivity index (χ0) is 41.0. The summed E-state index contributed by atoms with van der Waals surface area (Å²) in [6.07, 6.45) is 11.1. The highest BCUT2D eigenvalue weighted by Crippen LogP contribution is 2.31. The number of pyridine rings is 1. The molecule has 0 bridgehead atoms. The second-order valence-electron chi connectivity index (χ2n) is 11.8. The predicted octanol–water partition coefficient (Wildman–Crippen LogP) is 7.17. The highest BCUT2D eigenvalue weighted by molar-refractivity contribution is 8.01. The number of hydrogen-bond acceptors (Lipinski definition) is 12. The summed E-state index contributed by atoms with van der Waals surface area (Å²) in [5.41, 5.74) is 12.2. The Labute approximate surface area is 327 Å². The van der Waals surface area contributed by atoms with Crippen LogP contribution < -0.4 is 21.1 Å². The Balaban J connectivity index is 0.00000122. The molecule has 4 rings (SSSR count). The third-order valence-corrected chi connectivity index (χ3v) is 8.85. The van der Waals surface area contributed by atoms with E-state index < -0.39 is 31.9 Å². The van der Waals surface area contributed by atoms with Gasteiger partial charge in [-0.25, -0.2) is 14.1 Å². The molecule has 3 aromatic rings. The second-order valence-corrected chi connectivity index (χ2v) is 13.7. The maximum atomic E-state index is 14.5. The molecule has 1 unspecified atom stereocenters.